The lowest BCUT2D eigenvalue weighted by atomic mass is 10.2. The number of para-hydroxylation sites is 1. The van der Waals surface area contributed by atoms with Gasteiger partial charge in [-0.3, -0.25) is 9.78 Å². The van der Waals surface area contributed by atoms with E-state index in [1.54, 1.807) is 25.4 Å². The third-order valence-corrected chi connectivity index (χ3v) is 3.29. The predicted molar refractivity (Wildman–Crippen MR) is 87.8 cm³/mol. The smallest absolute Gasteiger partial charge is 0.252 e. The number of hydrogen-bond acceptors (Lipinski definition) is 4. The standard InChI is InChI=1S/C16H18ClN3O2/c1-22-8-4-7-19-16(21)12-9-13(11-18-10-12)20-15-6-3-2-5-14(15)17/h2-3,5-6,9-11,20H,4,7-8H2,1H3,(H,19,21). The van der Waals surface area contributed by atoms with Crippen molar-refractivity contribution in [2.45, 2.75) is 6.42 Å². The van der Waals surface area contributed by atoms with Gasteiger partial charge in [0.25, 0.3) is 5.91 Å². The number of nitrogens with zero attached hydrogens (tertiary/aromatic N) is 1. The van der Waals surface area contributed by atoms with Crippen molar-refractivity contribution >= 4 is 28.9 Å². The third kappa shape index (κ3) is 4.72. The van der Waals surface area contributed by atoms with E-state index in [0.717, 1.165) is 12.1 Å². The lowest BCUT2D eigenvalue weighted by Gasteiger charge is -2.09. The molecule has 0 spiro atoms. The van der Waals surface area contributed by atoms with E-state index in [9.17, 15) is 4.79 Å². The number of nitrogens with one attached hydrogen (secondary N) is 2. The summed E-state index contributed by atoms with van der Waals surface area (Å²) in [4.78, 5) is 16.1. The number of halogens is 1. The van der Waals surface area contributed by atoms with Crippen LogP contribution in [0.3, 0.4) is 0 Å². The Morgan fingerprint density at radius 1 is 1.32 bits per heavy atom. The number of hydrogen-bond donors (Lipinski definition) is 2. The average Bonchev–Trinajstić information content (AvgIpc) is 2.54. The highest BCUT2D eigenvalue weighted by atomic mass is 35.5. The molecule has 2 rings (SSSR count). The summed E-state index contributed by atoms with van der Waals surface area (Å²) in [5.41, 5.74) is 1.97. The first kappa shape index (κ1) is 16.3. The van der Waals surface area contributed by atoms with Crippen LogP contribution in [0.1, 0.15) is 16.8 Å². The maximum atomic E-state index is 12.0. The van der Waals surface area contributed by atoms with Gasteiger partial charge < -0.3 is 15.4 Å². The van der Waals surface area contributed by atoms with Gasteiger partial charge in [-0.05, 0) is 24.6 Å². The molecule has 0 radical (unpaired) electrons. The second kappa shape index (κ2) is 8.36. The predicted octanol–water partition coefficient (Wildman–Crippen LogP) is 3.24. The molecule has 1 amide bonds. The Labute approximate surface area is 134 Å². The molecule has 116 valence electrons. The summed E-state index contributed by atoms with van der Waals surface area (Å²) in [7, 11) is 1.63. The minimum atomic E-state index is -0.161. The summed E-state index contributed by atoms with van der Waals surface area (Å²) in [6.07, 6.45) is 3.95. The van der Waals surface area contributed by atoms with E-state index in [0.29, 0.717) is 29.4 Å². The number of carbonyl (C=O) groups excluding carboxylic acids is 1. The molecular formula is C16H18ClN3O2. The van der Waals surface area contributed by atoms with E-state index < -0.39 is 0 Å². The van der Waals surface area contributed by atoms with E-state index in [-0.39, 0.29) is 5.91 Å². The molecule has 0 aliphatic rings. The number of amides is 1. The summed E-state index contributed by atoms with van der Waals surface area (Å²) in [5.74, 6) is -0.161. The Morgan fingerprint density at radius 2 is 2.14 bits per heavy atom. The molecule has 0 saturated carbocycles. The van der Waals surface area contributed by atoms with Crippen molar-refractivity contribution in [1.29, 1.82) is 0 Å². The number of rotatable bonds is 7. The minimum Gasteiger partial charge on any atom is -0.385 e. The van der Waals surface area contributed by atoms with E-state index >= 15 is 0 Å². The largest absolute Gasteiger partial charge is 0.385 e. The van der Waals surface area contributed by atoms with Gasteiger partial charge in [-0.1, -0.05) is 23.7 Å². The van der Waals surface area contributed by atoms with Crippen molar-refractivity contribution in [2.75, 3.05) is 25.6 Å². The van der Waals surface area contributed by atoms with Crippen LogP contribution < -0.4 is 10.6 Å². The van der Waals surface area contributed by atoms with E-state index in [2.05, 4.69) is 15.6 Å². The molecule has 2 N–H and O–H groups in total. The summed E-state index contributed by atoms with van der Waals surface area (Å²) in [5, 5.41) is 6.58. The molecule has 1 heterocycles. The first-order valence-electron chi connectivity index (χ1n) is 6.94. The number of pyridine rings is 1. The minimum absolute atomic E-state index is 0.161. The molecule has 22 heavy (non-hydrogen) atoms. The highest BCUT2D eigenvalue weighted by Gasteiger charge is 2.07. The highest BCUT2D eigenvalue weighted by Crippen LogP contribution is 2.24. The first-order chi connectivity index (χ1) is 10.7. The van der Waals surface area contributed by atoms with Crippen LogP contribution in [-0.4, -0.2) is 31.2 Å². The van der Waals surface area contributed by atoms with Crippen molar-refractivity contribution in [2.24, 2.45) is 0 Å². The first-order valence-corrected chi connectivity index (χ1v) is 7.32. The summed E-state index contributed by atoms with van der Waals surface area (Å²) < 4.78 is 4.94. The Kier molecular flexibility index (Phi) is 6.18. The molecule has 0 unspecified atom stereocenters. The molecule has 0 aliphatic heterocycles. The van der Waals surface area contributed by atoms with Crippen LogP contribution in [0.15, 0.2) is 42.7 Å². The molecule has 5 nitrogen and oxygen atoms in total. The van der Waals surface area contributed by atoms with Crippen molar-refractivity contribution in [3.8, 4) is 0 Å². The molecule has 0 aliphatic carbocycles. The van der Waals surface area contributed by atoms with E-state index in [1.165, 1.54) is 6.20 Å². The molecule has 6 heteroatoms. The normalized spacial score (nSPS) is 10.3. The van der Waals surface area contributed by atoms with Crippen molar-refractivity contribution in [1.82, 2.24) is 10.3 Å². The third-order valence-electron chi connectivity index (χ3n) is 2.96. The van der Waals surface area contributed by atoms with Gasteiger partial charge >= 0.3 is 0 Å². The Balaban J connectivity index is 2.00. The molecular weight excluding hydrogens is 302 g/mol. The SMILES string of the molecule is COCCCNC(=O)c1cncc(Nc2ccccc2Cl)c1. The fourth-order valence-electron chi connectivity index (χ4n) is 1.87. The number of aromatic nitrogens is 1. The van der Waals surface area contributed by atoms with Gasteiger partial charge in [0.15, 0.2) is 0 Å². The molecule has 0 bridgehead atoms. The van der Waals surface area contributed by atoms with Crippen molar-refractivity contribution < 1.29 is 9.53 Å². The van der Waals surface area contributed by atoms with Gasteiger partial charge in [0.2, 0.25) is 0 Å². The number of carbonyl (C=O) groups is 1. The number of ether oxygens (including phenoxy) is 1. The fraction of sp³-hybridized carbons (Fsp3) is 0.250. The zero-order valence-electron chi connectivity index (χ0n) is 12.3. The average molecular weight is 320 g/mol. The van der Waals surface area contributed by atoms with Crippen LogP contribution in [0.4, 0.5) is 11.4 Å². The molecule has 2 aromatic rings. The molecule has 1 aromatic carbocycles. The zero-order chi connectivity index (χ0) is 15.8. The van der Waals surface area contributed by atoms with Gasteiger partial charge in [-0.15, -0.1) is 0 Å². The Hall–Kier alpha value is -2.11. The van der Waals surface area contributed by atoms with Crippen LogP contribution in [0.2, 0.25) is 5.02 Å². The molecule has 0 saturated heterocycles. The van der Waals surface area contributed by atoms with Gasteiger partial charge in [-0.2, -0.15) is 0 Å². The second-order valence-corrected chi connectivity index (χ2v) is 5.08. The van der Waals surface area contributed by atoms with Crippen LogP contribution in [0.25, 0.3) is 0 Å². The lowest BCUT2D eigenvalue weighted by molar-refractivity contribution is 0.0948. The molecule has 0 atom stereocenters. The molecule has 1 aromatic heterocycles. The van der Waals surface area contributed by atoms with Crippen LogP contribution >= 0.6 is 11.6 Å². The van der Waals surface area contributed by atoms with Gasteiger partial charge in [0.05, 0.1) is 28.2 Å². The van der Waals surface area contributed by atoms with Gasteiger partial charge in [-0.25, -0.2) is 0 Å². The summed E-state index contributed by atoms with van der Waals surface area (Å²) >= 11 is 6.10. The van der Waals surface area contributed by atoms with Crippen molar-refractivity contribution in [3.05, 3.63) is 53.3 Å². The van der Waals surface area contributed by atoms with Gasteiger partial charge in [0.1, 0.15) is 0 Å². The van der Waals surface area contributed by atoms with Gasteiger partial charge in [0, 0.05) is 26.5 Å². The Morgan fingerprint density at radius 3 is 2.91 bits per heavy atom. The number of methoxy groups -OCH3 is 1. The van der Waals surface area contributed by atoms with E-state index in [4.69, 9.17) is 16.3 Å². The van der Waals surface area contributed by atoms with Crippen LogP contribution in [0.5, 0.6) is 0 Å². The summed E-state index contributed by atoms with van der Waals surface area (Å²) in [6, 6.07) is 9.13. The maximum absolute atomic E-state index is 12.0. The number of anilines is 2. The Bertz CT molecular complexity index is 634. The highest BCUT2D eigenvalue weighted by molar-refractivity contribution is 6.33. The second-order valence-electron chi connectivity index (χ2n) is 4.67. The van der Waals surface area contributed by atoms with Crippen LogP contribution in [0, 0.1) is 0 Å². The van der Waals surface area contributed by atoms with Crippen LogP contribution in [-0.2, 0) is 4.74 Å². The zero-order valence-corrected chi connectivity index (χ0v) is 13.1. The number of benzene rings is 1. The molecule has 0 fully saturated rings. The maximum Gasteiger partial charge on any atom is 0.252 e. The summed E-state index contributed by atoms with van der Waals surface area (Å²) in [6.45, 7) is 1.18. The topological polar surface area (TPSA) is 63.2 Å². The lowest BCUT2D eigenvalue weighted by Crippen LogP contribution is -2.25. The quantitative estimate of drug-likeness (QED) is 0.769. The van der Waals surface area contributed by atoms with E-state index in [1.807, 2.05) is 18.2 Å². The monoisotopic (exact) mass is 319 g/mol. The fourth-order valence-corrected chi connectivity index (χ4v) is 2.05. The van der Waals surface area contributed by atoms with Crippen molar-refractivity contribution in [3.63, 3.8) is 0 Å².